The Morgan fingerprint density at radius 1 is 1.40 bits per heavy atom. The molecule has 0 aromatic carbocycles. The monoisotopic (exact) mass is 204 g/mol. The summed E-state index contributed by atoms with van der Waals surface area (Å²) < 4.78 is 0. The minimum atomic E-state index is 0.504. The summed E-state index contributed by atoms with van der Waals surface area (Å²) in [7, 11) is 0. The van der Waals surface area contributed by atoms with Gasteiger partial charge in [-0.1, -0.05) is 44.1 Å². The lowest BCUT2D eigenvalue weighted by molar-refractivity contribution is 0.210. The lowest BCUT2D eigenvalue weighted by Gasteiger charge is -2.43. The first-order valence-corrected chi connectivity index (χ1v) is 6.40. The third-order valence-electron chi connectivity index (χ3n) is 4.62. The first-order chi connectivity index (χ1) is 7.03. The molecule has 2 atom stereocenters. The average molecular weight is 204 g/mol. The summed E-state index contributed by atoms with van der Waals surface area (Å²) in [6.45, 7) is 9.52. The molecule has 2 aliphatic rings. The highest BCUT2D eigenvalue weighted by atomic mass is 14.4. The lowest BCUT2D eigenvalue weighted by Crippen LogP contribution is -2.31. The van der Waals surface area contributed by atoms with Gasteiger partial charge in [-0.25, -0.2) is 0 Å². The van der Waals surface area contributed by atoms with Crippen molar-refractivity contribution in [2.45, 2.75) is 53.4 Å². The van der Waals surface area contributed by atoms with Crippen LogP contribution in [0.3, 0.4) is 0 Å². The standard InChI is InChI=1S/C15H24/c1-11(2)13-7-9-15(4)8-5-6-12(3)14(15)10-13/h5-6,11,13H,7-10H2,1-4H3. The van der Waals surface area contributed by atoms with Gasteiger partial charge in [-0.05, 0) is 49.9 Å². The van der Waals surface area contributed by atoms with E-state index in [1.165, 1.54) is 25.7 Å². The van der Waals surface area contributed by atoms with Gasteiger partial charge in [0, 0.05) is 0 Å². The lowest BCUT2D eigenvalue weighted by atomic mass is 9.62. The van der Waals surface area contributed by atoms with Crippen molar-refractivity contribution in [2.24, 2.45) is 17.3 Å². The minimum absolute atomic E-state index is 0.504. The van der Waals surface area contributed by atoms with Crippen molar-refractivity contribution in [1.29, 1.82) is 0 Å². The molecule has 0 nitrogen and oxygen atoms in total. The van der Waals surface area contributed by atoms with Gasteiger partial charge in [-0.3, -0.25) is 0 Å². The summed E-state index contributed by atoms with van der Waals surface area (Å²) in [6, 6.07) is 0. The molecule has 0 heteroatoms. The molecule has 2 rings (SSSR count). The molecule has 0 saturated heterocycles. The maximum atomic E-state index is 2.46. The Morgan fingerprint density at radius 2 is 2.13 bits per heavy atom. The van der Waals surface area contributed by atoms with Gasteiger partial charge in [0.25, 0.3) is 0 Å². The van der Waals surface area contributed by atoms with E-state index in [9.17, 15) is 0 Å². The summed E-state index contributed by atoms with van der Waals surface area (Å²) >= 11 is 0. The Hall–Kier alpha value is -0.520. The molecule has 2 unspecified atom stereocenters. The van der Waals surface area contributed by atoms with Crippen LogP contribution in [-0.2, 0) is 0 Å². The van der Waals surface area contributed by atoms with Gasteiger partial charge >= 0.3 is 0 Å². The van der Waals surface area contributed by atoms with Gasteiger partial charge in [0.1, 0.15) is 0 Å². The van der Waals surface area contributed by atoms with Crippen LogP contribution in [0.4, 0.5) is 0 Å². The van der Waals surface area contributed by atoms with Gasteiger partial charge in [-0.2, -0.15) is 0 Å². The molecule has 0 heterocycles. The Morgan fingerprint density at radius 3 is 2.80 bits per heavy atom. The molecule has 0 aromatic heterocycles. The van der Waals surface area contributed by atoms with Crippen molar-refractivity contribution in [3.8, 4) is 0 Å². The summed E-state index contributed by atoms with van der Waals surface area (Å²) in [5.74, 6) is 1.77. The maximum absolute atomic E-state index is 2.46. The molecule has 0 bridgehead atoms. The van der Waals surface area contributed by atoms with Gasteiger partial charge in [0.05, 0.1) is 0 Å². The Bertz CT molecular complexity index is 306. The smallest absolute Gasteiger partial charge is 0.00759 e. The predicted molar refractivity (Wildman–Crippen MR) is 66.7 cm³/mol. The number of rotatable bonds is 1. The molecule has 84 valence electrons. The van der Waals surface area contributed by atoms with E-state index < -0.39 is 0 Å². The summed E-state index contributed by atoms with van der Waals surface area (Å²) in [4.78, 5) is 0. The van der Waals surface area contributed by atoms with Crippen LogP contribution in [-0.4, -0.2) is 0 Å². The van der Waals surface area contributed by atoms with Crippen molar-refractivity contribution in [3.05, 3.63) is 23.3 Å². The van der Waals surface area contributed by atoms with Gasteiger partial charge in [0.15, 0.2) is 0 Å². The molecule has 0 aromatic rings. The highest BCUT2D eigenvalue weighted by Crippen LogP contribution is 2.50. The molecular weight excluding hydrogens is 180 g/mol. The Balaban J connectivity index is 2.26. The fraction of sp³-hybridized carbons (Fsp3) is 0.733. The van der Waals surface area contributed by atoms with Gasteiger partial charge in [-0.15, -0.1) is 0 Å². The van der Waals surface area contributed by atoms with E-state index >= 15 is 0 Å². The third kappa shape index (κ3) is 1.91. The number of hydrogen-bond donors (Lipinski definition) is 0. The largest absolute Gasteiger partial charge is 0.0834 e. The molecule has 1 fully saturated rings. The fourth-order valence-electron chi connectivity index (χ4n) is 3.29. The molecule has 15 heavy (non-hydrogen) atoms. The van der Waals surface area contributed by atoms with E-state index in [2.05, 4.69) is 39.8 Å². The van der Waals surface area contributed by atoms with E-state index in [0.29, 0.717) is 5.41 Å². The van der Waals surface area contributed by atoms with Gasteiger partial charge in [0.2, 0.25) is 0 Å². The Kier molecular flexibility index (Phi) is 2.79. The quantitative estimate of drug-likeness (QED) is 0.579. The predicted octanol–water partition coefficient (Wildman–Crippen LogP) is 4.73. The van der Waals surface area contributed by atoms with Crippen molar-refractivity contribution < 1.29 is 0 Å². The SMILES string of the molecule is CC1=C2CC(C(C)C)CCC2(C)CC=C1. The van der Waals surface area contributed by atoms with Crippen LogP contribution in [0.1, 0.15) is 53.4 Å². The maximum Gasteiger partial charge on any atom is -0.00759 e. The topological polar surface area (TPSA) is 0 Å². The molecule has 2 aliphatic carbocycles. The van der Waals surface area contributed by atoms with Crippen molar-refractivity contribution in [2.75, 3.05) is 0 Å². The van der Waals surface area contributed by atoms with E-state index in [1.54, 1.807) is 11.1 Å². The van der Waals surface area contributed by atoms with Crippen molar-refractivity contribution in [1.82, 2.24) is 0 Å². The molecule has 0 spiro atoms. The zero-order valence-electron chi connectivity index (χ0n) is 10.6. The second-order valence-corrected chi connectivity index (χ2v) is 6.08. The van der Waals surface area contributed by atoms with E-state index in [1.807, 2.05) is 0 Å². The van der Waals surface area contributed by atoms with E-state index in [-0.39, 0.29) is 0 Å². The third-order valence-corrected chi connectivity index (χ3v) is 4.62. The average Bonchev–Trinajstić information content (AvgIpc) is 2.17. The summed E-state index contributed by atoms with van der Waals surface area (Å²) in [5.41, 5.74) is 3.81. The van der Waals surface area contributed by atoms with Crippen molar-refractivity contribution >= 4 is 0 Å². The number of hydrogen-bond acceptors (Lipinski definition) is 0. The van der Waals surface area contributed by atoms with Crippen LogP contribution in [0.2, 0.25) is 0 Å². The number of fused-ring (bicyclic) bond motifs is 1. The zero-order chi connectivity index (χ0) is 11.1. The fourth-order valence-corrected chi connectivity index (χ4v) is 3.29. The summed E-state index contributed by atoms with van der Waals surface area (Å²) in [5, 5.41) is 0. The van der Waals surface area contributed by atoms with Crippen LogP contribution in [0, 0.1) is 17.3 Å². The highest BCUT2D eigenvalue weighted by molar-refractivity contribution is 5.34. The molecule has 0 aliphatic heterocycles. The second kappa shape index (κ2) is 3.81. The minimum Gasteiger partial charge on any atom is -0.0834 e. The molecular formula is C15H24. The van der Waals surface area contributed by atoms with Gasteiger partial charge < -0.3 is 0 Å². The van der Waals surface area contributed by atoms with Crippen LogP contribution >= 0.6 is 0 Å². The van der Waals surface area contributed by atoms with Crippen molar-refractivity contribution in [3.63, 3.8) is 0 Å². The van der Waals surface area contributed by atoms with E-state index in [0.717, 1.165) is 11.8 Å². The zero-order valence-corrected chi connectivity index (χ0v) is 10.6. The first kappa shape index (κ1) is 11.0. The molecule has 0 N–H and O–H groups in total. The first-order valence-electron chi connectivity index (χ1n) is 6.40. The highest BCUT2D eigenvalue weighted by Gasteiger charge is 2.37. The van der Waals surface area contributed by atoms with Crippen LogP contribution in [0.15, 0.2) is 23.3 Å². The van der Waals surface area contributed by atoms with Crippen LogP contribution < -0.4 is 0 Å². The molecule has 1 saturated carbocycles. The van der Waals surface area contributed by atoms with Crippen LogP contribution in [0.25, 0.3) is 0 Å². The summed E-state index contributed by atoms with van der Waals surface area (Å²) in [6.07, 6.45) is 10.1. The Labute approximate surface area is 94.5 Å². The molecule has 0 amide bonds. The van der Waals surface area contributed by atoms with Crippen LogP contribution in [0.5, 0.6) is 0 Å². The van der Waals surface area contributed by atoms with E-state index in [4.69, 9.17) is 0 Å². The number of allylic oxidation sites excluding steroid dienone is 4. The second-order valence-electron chi connectivity index (χ2n) is 6.08. The normalized spacial score (nSPS) is 35.9. The molecule has 0 radical (unpaired) electrons.